The van der Waals surface area contributed by atoms with Crippen LogP contribution in [-0.2, 0) is 13.1 Å². The van der Waals surface area contributed by atoms with Crippen LogP contribution >= 0.6 is 0 Å². The highest BCUT2D eigenvalue weighted by atomic mass is 19.2. The van der Waals surface area contributed by atoms with Crippen LogP contribution in [0.1, 0.15) is 27.4 Å². The average Bonchev–Trinajstić information content (AvgIpc) is 3.15. The van der Waals surface area contributed by atoms with E-state index in [1.54, 1.807) is 24.3 Å². The van der Waals surface area contributed by atoms with Crippen molar-refractivity contribution in [1.29, 1.82) is 0 Å². The van der Waals surface area contributed by atoms with Crippen molar-refractivity contribution >= 4 is 5.91 Å². The van der Waals surface area contributed by atoms with Gasteiger partial charge in [0, 0.05) is 18.3 Å². The fourth-order valence-corrected chi connectivity index (χ4v) is 2.62. The number of hydrogen-bond acceptors (Lipinski definition) is 5. The van der Waals surface area contributed by atoms with Gasteiger partial charge in [0.05, 0.1) is 6.54 Å². The minimum Gasteiger partial charge on any atom is -0.455 e. The van der Waals surface area contributed by atoms with Gasteiger partial charge in [0.25, 0.3) is 5.91 Å². The first-order chi connectivity index (χ1) is 13.8. The van der Waals surface area contributed by atoms with Crippen molar-refractivity contribution in [3.63, 3.8) is 0 Å². The Balaban J connectivity index is 1.70. The number of nitrogens with zero attached hydrogens (tertiary/aromatic N) is 2. The molecule has 2 heterocycles. The number of amides is 1. The summed E-state index contributed by atoms with van der Waals surface area (Å²) in [6.45, 7) is 2.11. The molecule has 0 unspecified atom stereocenters. The number of halogens is 2. The molecule has 1 N–H and O–H groups in total. The summed E-state index contributed by atoms with van der Waals surface area (Å²) in [6.07, 6.45) is 1.46. The maximum Gasteiger partial charge on any atom is 0.287 e. The molecule has 29 heavy (non-hydrogen) atoms. The van der Waals surface area contributed by atoms with Gasteiger partial charge in [0.15, 0.2) is 17.3 Å². The highest BCUT2D eigenvalue weighted by Crippen LogP contribution is 2.28. The van der Waals surface area contributed by atoms with E-state index < -0.39 is 17.5 Å². The first-order valence-electron chi connectivity index (χ1n) is 8.93. The molecule has 6 nitrogen and oxygen atoms in total. The minimum atomic E-state index is -1.09. The molecule has 0 atom stereocenters. The van der Waals surface area contributed by atoms with E-state index in [0.717, 1.165) is 0 Å². The molecule has 1 aromatic carbocycles. The lowest BCUT2D eigenvalue weighted by Gasteiger charge is -2.12. The first kappa shape index (κ1) is 20.5. The largest absolute Gasteiger partial charge is 0.455 e. The molecule has 8 heteroatoms. The molecular formula is C21H21F2N3O3. The number of hydrogen-bond donors (Lipinski definition) is 1. The summed E-state index contributed by atoms with van der Waals surface area (Å²) in [5.74, 6) is -1.82. The van der Waals surface area contributed by atoms with E-state index in [0.29, 0.717) is 17.9 Å². The highest BCUT2D eigenvalue weighted by Gasteiger charge is 2.16. The van der Waals surface area contributed by atoms with E-state index in [1.807, 2.05) is 19.0 Å². The molecule has 0 spiro atoms. The van der Waals surface area contributed by atoms with Gasteiger partial charge in [0.1, 0.15) is 5.76 Å². The molecule has 0 aliphatic carbocycles. The van der Waals surface area contributed by atoms with Crippen LogP contribution in [0.15, 0.2) is 47.0 Å². The van der Waals surface area contributed by atoms with Crippen LogP contribution in [-0.4, -0.2) is 29.9 Å². The van der Waals surface area contributed by atoms with Gasteiger partial charge in [-0.15, -0.1) is 0 Å². The Hall–Kier alpha value is -3.26. The van der Waals surface area contributed by atoms with Crippen LogP contribution in [0.3, 0.4) is 0 Å². The second-order valence-corrected chi connectivity index (χ2v) is 6.76. The summed E-state index contributed by atoms with van der Waals surface area (Å²) in [4.78, 5) is 18.3. The number of nitrogens with one attached hydrogen (secondary N) is 1. The third-order valence-electron chi connectivity index (χ3n) is 4.09. The van der Waals surface area contributed by atoms with Crippen molar-refractivity contribution in [3.8, 4) is 11.6 Å². The number of aryl methyl sites for hydroxylation is 1. The zero-order chi connectivity index (χ0) is 21.0. The maximum atomic E-state index is 14.1. The fraction of sp³-hybridized carbons (Fsp3) is 0.238. The Morgan fingerprint density at radius 2 is 1.97 bits per heavy atom. The number of carbonyl (C=O) groups excluding carboxylic acids is 1. The summed E-state index contributed by atoms with van der Waals surface area (Å²) in [5.41, 5.74) is 0.678. The Morgan fingerprint density at radius 1 is 1.17 bits per heavy atom. The molecule has 1 amide bonds. The normalized spacial score (nSPS) is 11.0. The molecule has 152 valence electrons. The van der Waals surface area contributed by atoms with Crippen LogP contribution in [0.25, 0.3) is 0 Å². The quantitative estimate of drug-likeness (QED) is 0.647. The Bertz CT molecular complexity index is 1020. The van der Waals surface area contributed by atoms with Crippen molar-refractivity contribution in [2.75, 3.05) is 14.1 Å². The lowest BCUT2D eigenvalue weighted by Crippen LogP contribution is -2.22. The standard InChI is InChI=1S/C21H21F2N3O3/c1-13-6-8-16(19(23)18(13)22)29-21-14(5-4-10-24-21)11-25-20(27)17-9-7-15(28-17)12-26(2)3/h4-10H,11-12H2,1-3H3,(H,25,27). The van der Waals surface area contributed by atoms with Crippen LogP contribution < -0.4 is 10.1 Å². The summed E-state index contributed by atoms with van der Waals surface area (Å²) < 4.78 is 38.8. The van der Waals surface area contributed by atoms with Crippen LogP contribution in [0.5, 0.6) is 11.6 Å². The monoisotopic (exact) mass is 401 g/mol. The SMILES string of the molecule is Cc1ccc(Oc2ncccc2CNC(=O)c2ccc(CN(C)C)o2)c(F)c1F. The molecule has 0 saturated heterocycles. The van der Waals surface area contributed by atoms with E-state index in [4.69, 9.17) is 9.15 Å². The third-order valence-corrected chi connectivity index (χ3v) is 4.09. The molecule has 0 radical (unpaired) electrons. The molecule has 2 aromatic heterocycles. The second kappa shape index (κ2) is 8.83. The van der Waals surface area contributed by atoms with E-state index in [2.05, 4.69) is 10.3 Å². The van der Waals surface area contributed by atoms with Gasteiger partial charge in [-0.1, -0.05) is 12.1 Å². The zero-order valence-corrected chi connectivity index (χ0v) is 16.3. The number of pyridine rings is 1. The van der Waals surface area contributed by atoms with Gasteiger partial charge in [-0.05, 0) is 50.8 Å². The average molecular weight is 401 g/mol. The van der Waals surface area contributed by atoms with Crippen molar-refractivity contribution in [1.82, 2.24) is 15.2 Å². The molecule has 0 aliphatic rings. The number of benzene rings is 1. The van der Waals surface area contributed by atoms with E-state index in [9.17, 15) is 13.6 Å². The molecule has 0 aliphatic heterocycles. The summed E-state index contributed by atoms with van der Waals surface area (Å²) in [7, 11) is 3.80. The highest BCUT2D eigenvalue weighted by molar-refractivity contribution is 5.91. The van der Waals surface area contributed by atoms with Crippen LogP contribution in [0.2, 0.25) is 0 Å². The lowest BCUT2D eigenvalue weighted by atomic mass is 10.2. The van der Waals surface area contributed by atoms with Crippen molar-refractivity contribution in [3.05, 3.63) is 76.9 Å². The van der Waals surface area contributed by atoms with Crippen molar-refractivity contribution < 1.29 is 22.7 Å². The predicted molar refractivity (Wildman–Crippen MR) is 103 cm³/mol. The smallest absolute Gasteiger partial charge is 0.287 e. The predicted octanol–water partition coefficient (Wildman–Crippen LogP) is 4.05. The number of furan rings is 1. The van der Waals surface area contributed by atoms with Gasteiger partial charge in [0.2, 0.25) is 11.7 Å². The van der Waals surface area contributed by atoms with Crippen molar-refractivity contribution in [2.45, 2.75) is 20.0 Å². The molecule has 0 fully saturated rings. The topological polar surface area (TPSA) is 67.6 Å². The Morgan fingerprint density at radius 3 is 2.72 bits per heavy atom. The second-order valence-electron chi connectivity index (χ2n) is 6.76. The van der Waals surface area contributed by atoms with Gasteiger partial charge in [-0.25, -0.2) is 9.37 Å². The molecule has 3 aromatic rings. The first-order valence-corrected chi connectivity index (χ1v) is 8.93. The van der Waals surface area contributed by atoms with Crippen LogP contribution in [0, 0.1) is 18.6 Å². The molecule has 0 saturated carbocycles. The van der Waals surface area contributed by atoms with E-state index >= 15 is 0 Å². The Kier molecular flexibility index (Phi) is 6.23. The maximum absolute atomic E-state index is 14.1. The van der Waals surface area contributed by atoms with Crippen molar-refractivity contribution in [2.24, 2.45) is 0 Å². The van der Waals surface area contributed by atoms with E-state index in [1.165, 1.54) is 25.3 Å². The summed E-state index contributed by atoms with van der Waals surface area (Å²) in [6, 6.07) is 9.41. The molecular weight excluding hydrogens is 380 g/mol. The van der Waals surface area contributed by atoms with Gasteiger partial charge in [-0.3, -0.25) is 4.79 Å². The number of aromatic nitrogens is 1. The minimum absolute atomic E-state index is 0.0711. The molecule has 0 bridgehead atoms. The number of ether oxygens (including phenoxy) is 1. The van der Waals surface area contributed by atoms with Gasteiger partial charge < -0.3 is 19.4 Å². The molecule has 3 rings (SSSR count). The summed E-state index contributed by atoms with van der Waals surface area (Å²) in [5, 5.41) is 2.71. The number of carbonyl (C=O) groups is 1. The summed E-state index contributed by atoms with van der Waals surface area (Å²) >= 11 is 0. The third kappa shape index (κ3) is 4.97. The number of rotatable bonds is 7. The van der Waals surface area contributed by atoms with Gasteiger partial charge in [-0.2, -0.15) is 4.39 Å². The van der Waals surface area contributed by atoms with E-state index in [-0.39, 0.29) is 29.5 Å². The lowest BCUT2D eigenvalue weighted by molar-refractivity contribution is 0.0920. The Labute approximate surface area is 167 Å². The van der Waals surface area contributed by atoms with Gasteiger partial charge >= 0.3 is 0 Å². The zero-order valence-electron chi connectivity index (χ0n) is 16.3. The van der Waals surface area contributed by atoms with Crippen LogP contribution in [0.4, 0.5) is 8.78 Å². The fourth-order valence-electron chi connectivity index (χ4n) is 2.62.